The SMILES string of the molecule is CCCCCCCCCCCCCCCCCC(=O)OC(C(C)C)C(C)C. The molecule has 0 aromatic heterocycles. The van der Waals surface area contributed by atoms with E-state index in [4.69, 9.17) is 4.74 Å². The minimum Gasteiger partial charge on any atom is -0.462 e. The first-order valence-electron chi connectivity index (χ1n) is 12.2. The van der Waals surface area contributed by atoms with Crippen LogP contribution >= 0.6 is 0 Å². The van der Waals surface area contributed by atoms with Crippen LogP contribution in [0.2, 0.25) is 0 Å². The van der Waals surface area contributed by atoms with Gasteiger partial charge in [-0.3, -0.25) is 4.79 Å². The standard InChI is InChI=1S/C25H50O2/c1-6-7-8-9-10-11-12-13-14-15-16-17-18-19-20-21-24(26)27-25(22(2)3)23(4)5/h22-23,25H,6-21H2,1-5H3. The van der Waals surface area contributed by atoms with Crippen molar-refractivity contribution >= 4 is 5.97 Å². The molecule has 0 radical (unpaired) electrons. The summed E-state index contributed by atoms with van der Waals surface area (Å²) in [6.45, 7) is 10.8. The van der Waals surface area contributed by atoms with Crippen molar-refractivity contribution in [3.8, 4) is 0 Å². The Bertz CT molecular complexity index is 314. The molecule has 0 amide bonds. The van der Waals surface area contributed by atoms with Gasteiger partial charge in [0, 0.05) is 6.42 Å². The van der Waals surface area contributed by atoms with Crippen LogP contribution in [0.25, 0.3) is 0 Å². The quantitative estimate of drug-likeness (QED) is 0.165. The lowest BCUT2D eigenvalue weighted by atomic mass is 9.96. The van der Waals surface area contributed by atoms with Gasteiger partial charge in [0.05, 0.1) is 0 Å². The number of esters is 1. The van der Waals surface area contributed by atoms with Crippen LogP contribution in [-0.2, 0) is 9.53 Å². The molecule has 2 heteroatoms. The molecule has 0 unspecified atom stereocenters. The van der Waals surface area contributed by atoms with Crippen molar-refractivity contribution in [2.45, 2.75) is 143 Å². The molecular weight excluding hydrogens is 332 g/mol. The van der Waals surface area contributed by atoms with E-state index in [1.807, 2.05) is 0 Å². The van der Waals surface area contributed by atoms with E-state index in [9.17, 15) is 4.79 Å². The lowest BCUT2D eigenvalue weighted by Crippen LogP contribution is -2.28. The molecule has 0 heterocycles. The van der Waals surface area contributed by atoms with Gasteiger partial charge < -0.3 is 4.74 Å². The molecule has 0 atom stereocenters. The lowest BCUT2D eigenvalue weighted by molar-refractivity contribution is -0.154. The molecule has 0 aromatic rings. The third kappa shape index (κ3) is 17.3. The third-order valence-electron chi connectivity index (χ3n) is 5.57. The molecule has 0 bridgehead atoms. The maximum atomic E-state index is 12.0. The van der Waals surface area contributed by atoms with Crippen molar-refractivity contribution in [1.29, 1.82) is 0 Å². The van der Waals surface area contributed by atoms with Crippen LogP contribution in [0, 0.1) is 11.8 Å². The molecule has 2 nitrogen and oxygen atoms in total. The van der Waals surface area contributed by atoms with Gasteiger partial charge in [-0.2, -0.15) is 0 Å². The van der Waals surface area contributed by atoms with Crippen LogP contribution in [0.5, 0.6) is 0 Å². The third-order valence-corrected chi connectivity index (χ3v) is 5.57. The summed E-state index contributed by atoms with van der Waals surface area (Å²) in [6.07, 6.45) is 20.9. The first kappa shape index (κ1) is 26.5. The van der Waals surface area contributed by atoms with Gasteiger partial charge in [0.15, 0.2) is 0 Å². The predicted molar refractivity (Wildman–Crippen MR) is 119 cm³/mol. The van der Waals surface area contributed by atoms with E-state index in [2.05, 4.69) is 34.6 Å². The van der Waals surface area contributed by atoms with Crippen LogP contribution < -0.4 is 0 Å². The van der Waals surface area contributed by atoms with Gasteiger partial charge in [-0.1, -0.05) is 125 Å². The van der Waals surface area contributed by atoms with Crippen LogP contribution in [0.4, 0.5) is 0 Å². The summed E-state index contributed by atoms with van der Waals surface area (Å²) in [5, 5.41) is 0. The summed E-state index contributed by atoms with van der Waals surface area (Å²) in [5.74, 6) is 0.794. The number of hydrogen-bond acceptors (Lipinski definition) is 2. The highest BCUT2D eigenvalue weighted by molar-refractivity contribution is 5.69. The number of ether oxygens (including phenoxy) is 1. The maximum Gasteiger partial charge on any atom is 0.306 e. The number of unbranched alkanes of at least 4 members (excludes halogenated alkanes) is 14. The van der Waals surface area contributed by atoms with Crippen LogP contribution in [0.1, 0.15) is 137 Å². The van der Waals surface area contributed by atoms with Crippen molar-refractivity contribution in [2.75, 3.05) is 0 Å². The zero-order valence-corrected chi connectivity index (χ0v) is 19.4. The zero-order chi connectivity index (χ0) is 20.3. The minimum atomic E-state index is -0.00269. The topological polar surface area (TPSA) is 26.3 Å². The van der Waals surface area contributed by atoms with E-state index < -0.39 is 0 Å². The Morgan fingerprint density at radius 2 is 0.926 bits per heavy atom. The van der Waals surface area contributed by atoms with Gasteiger partial charge in [0.1, 0.15) is 6.10 Å². The van der Waals surface area contributed by atoms with E-state index in [1.165, 1.54) is 89.9 Å². The first-order valence-corrected chi connectivity index (χ1v) is 12.2. The van der Waals surface area contributed by atoms with E-state index in [0.717, 1.165) is 6.42 Å². The molecule has 0 fully saturated rings. The average molecular weight is 383 g/mol. The molecular formula is C25H50O2. The van der Waals surface area contributed by atoms with Gasteiger partial charge >= 0.3 is 5.97 Å². The fourth-order valence-electron chi connectivity index (χ4n) is 3.89. The second-order valence-electron chi connectivity index (χ2n) is 9.14. The Morgan fingerprint density at radius 1 is 0.593 bits per heavy atom. The van der Waals surface area contributed by atoms with E-state index in [0.29, 0.717) is 18.3 Å². The molecule has 0 N–H and O–H groups in total. The van der Waals surface area contributed by atoms with Crippen molar-refractivity contribution in [2.24, 2.45) is 11.8 Å². The highest BCUT2D eigenvalue weighted by Gasteiger charge is 2.21. The van der Waals surface area contributed by atoms with Crippen LogP contribution in [0.3, 0.4) is 0 Å². The molecule has 27 heavy (non-hydrogen) atoms. The second-order valence-corrected chi connectivity index (χ2v) is 9.14. The van der Waals surface area contributed by atoms with Crippen molar-refractivity contribution in [1.82, 2.24) is 0 Å². The second kappa shape index (κ2) is 18.8. The molecule has 0 spiro atoms. The van der Waals surface area contributed by atoms with Crippen LogP contribution in [-0.4, -0.2) is 12.1 Å². The number of rotatable bonds is 19. The smallest absolute Gasteiger partial charge is 0.306 e. The minimum absolute atomic E-state index is 0.00269. The fourth-order valence-corrected chi connectivity index (χ4v) is 3.89. The van der Waals surface area contributed by atoms with Gasteiger partial charge in [0.2, 0.25) is 0 Å². The highest BCUT2D eigenvalue weighted by Crippen LogP contribution is 2.18. The summed E-state index contributed by atoms with van der Waals surface area (Å²) in [5.41, 5.74) is 0. The molecule has 0 saturated carbocycles. The molecule has 162 valence electrons. The van der Waals surface area contributed by atoms with E-state index in [1.54, 1.807) is 0 Å². The Labute approximate surface area is 171 Å². The van der Waals surface area contributed by atoms with Crippen molar-refractivity contribution < 1.29 is 9.53 Å². The summed E-state index contributed by atoms with van der Waals surface area (Å²) in [4.78, 5) is 12.0. The lowest BCUT2D eigenvalue weighted by Gasteiger charge is -2.24. The summed E-state index contributed by atoms with van der Waals surface area (Å²) < 4.78 is 5.65. The normalized spacial score (nSPS) is 11.7. The summed E-state index contributed by atoms with van der Waals surface area (Å²) in [7, 11) is 0. The van der Waals surface area contributed by atoms with E-state index in [-0.39, 0.29) is 12.1 Å². The Balaban J connectivity index is 3.34. The number of carbonyl (C=O) groups is 1. The predicted octanol–water partition coefficient (Wildman–Crippen LogP) is 8.47. The first-order chi connectivity index (χ1) is 13.0. The highest BCUT2D eigenvalue weighted by atomic mass is 16.5. The molecule has 0 aliphatic heterocycles. The zero-order valence-electron chi connectivity index (χ0n) is 19.4. The Hall–Kier alpha value is -0.530. The van der Waals surface area contributed by atoms with Crippen molar-refractivity contribution in [3.05, 3.63) is 0 Å². The monoisotopic (exact) mass is 382 g/mol. The summed E-state index contributed by atoms with van der Waals surface area (Å²) >= 11 is 0. The van der Waals surface area contributed by atoms with Gasteiger partial charge in [-0.05, 0) is 18.3 Å². The largest absolute Gasteiger partial charge is 0.462 e. The number of carbonyl (C=O) groups excluding carboxylic acids is 1. The molecule has 0 aromatic carbocycles. The van der Waals surface area contributed by atoms with Gasteiger partial charge in [-0.15, -0.1) is 0 Å². The van der Waals surface area contributed by atoms with Gasteiger partial charge in [0.25, 0.3) is 0 Å². The molecule has 0 saturated heterocycles. The molecule has 0 aliphatic rings. The fraction of sp³-hybridized carbons (Fsp3) is 0.960. The average Bonchev–Trinajstić information content (AvgIpc) is 2.62. The Morgan fingerprint density at radius 3 is 1.26 bits per heavy atom. The maximum absolute atomic E-state index is 12.0. The Kier molecular flexibility index (Phi) is 18.4. The number of hydrogen-bond donors (Lipinski definition) is 0. The van der Waals surface area contributed by atoms with Crippen molar-refractivity contribution in [3.63, 3.8) is 0 Å². The summed E-state index contributed by atoms with van der Waals surface area (Å²) in [6, 6.07) is 0. The molecule has 0 aliphatic carbocycles. The van der Waals surface area contributed by atoms with Crippen LogP contribution in [0.15, 0.2) is 0 Å². The molecule has 0 rings (SSSR count). The van der Waals surface area contributed by atoms with E-state index >= 15 is 0 Å². The van der Waals surface area contributed by atoms with Gasteiger partial charge in [-0.25, -0.2) is 0 Å².